The lowest BCUT2D eigenvalue weighted by atomic mass is 10.0. The van der Waals surface area contributed by atoms with Crippen LogP contribution in [0.15, 0.2) is 77.0 Å². The average molecular weight is 531 g/mol. The molecule has 0 aromatic heterocycles. The first kappa shape index (κ1) is 29.2. The van der Waals surface area contributed by atoms with Gasteiger partial charge in [-0.05, 0) is 94.1 Å². The zero-order valence-electron chi connectivity index (χ0n) is 22.6. The van der Waals surface area contributed by atoms with Crippen molar-refractivity contribution in [2.45, 2.75) is 46.5 Å². The quantitative estimate of drug-likeness (QED) is 0.0668. The number of hydrogen-bond donors (Lipinski definition) is 0. The Bertz CT molecular complexity index is 1280. The fourth-order valence-corrected chi connectivity index (χ4v) is 3.62. The molecule has 0 saturated carbocycles. The van der Waals surface area contributed by atoms with Gasteiger partial charge in [0.05, 0.1) is 36.8 Å². The molecule has 39 heavy (non-hydrogen) atoms. The lowest BCUT2D eigenvalue weighted by Gasteiger charge is -2.10. The number of unbranched alkanes of at least 4 members (excludes halogenated alkanes) is 3. The van der Waals surface area contributed by atoms with Gasteiger partial charge in [-0.25, -0.2) is 4.79 Å². The number of nitrogens with zero attached hydrogens (tertiary/aromatic N) is 2. The molecule has 0 unspecified atom stereocenters. The van der Waals surface area contributed by atoms with E-state index in [9.17, 15) is 14.4 Å². The molecule has 0 aliphatic carbocycles. The summed E-state index contributed by atoms with van der Waals surface area (Å²) in [5.41, 5.74) is 3.04. The lowest BCUT2D eigenvalue weighted by molar-refractivity contribution is -0.113. The molecule has 204 valence electrons. The minimum Gasteiger partial charge on any atom is -0.494 e. The van der Waals surface area contributed by atoms with E-state index < -0.39 is 17.5 Å². The summed E-state index contributed by atoms with van der Waals surface area (Å²) in [6.07, 6.45) is 3.58. The van der Waals surface area contributed by atoms with Crippen molar-refractivity contribution in [2.24, 2.45) is 10.2 Å². The molecule has 3 rings (SSSR count). The monoisotopic (exact) mass is 530 g/mol. The normalized spacial score (nSPS) is 10.8. The first-order valence-corrected chi connectivity index (χ1v) is 13.1. The van der Waals surface area contributed by atoms with Crippen LogP contribution in [-0.4, -0.2) is 37.4 Å². The summed E-state index contributed by atoms with van der Waals surface area (Å²) in [6, 6.07) is 19.7. The summed E-state index contributed by atoms with van der Waals surface area (Å²) in [5, 5.41) is 8.49. The van der Waals surface area contributed by atoms with Crippen LogP contribution in [0.5, 0.6) is 11.5 Å². The number of carbonyl (C=O) groups is 3. The van der Waals surface area contributed by atoms with Gasteiger partial charge in [0.15, 0.2) is 5.78 Å². The fourth-order valence-electron chi connectivity index (χ4n) is 3.62. The Hall–Kier alpha value is -4.33. The van der Waals surface area contributed by atoms with Gasteiger partial charge < -0.3 is 14.2 Å². The molecule has 8 nitrogen and oxygen atoms in total. The van der Waals surface area contributed by atoms with E-state index >= 15 is 0 Å². The van der Waals surface area contributed by atoms with E-state index in [0.717, 1.165) is 42.8 Å². The standard InChI is InChI=1S/C31H34N2O6/c1-4-37-31(36)25-19-24(30(35)23(3)34)20-29(21-25)39-18-8-6-5-7-17-38-28-15-13-27(14-16-28)33-32-26-11-9-22(2)10-12-26/h9-16,19-21H,4-8,17-18H2,1-3H3/b33-32+. The smallest absolute Gasteiger partial charge is 0.338 e. The van der Waals surface area contributed by atoms with Gasteiger partial charge in [0.1, 0.15) is 11.5 Å². The van der Waals surface area contributed by atoms with E-state index in [-0.39, 0.29) is 17.7 Å². The zero-order chi connectivity index (χ0) is 28.0. The molecular formula is C31H34N2O6. The molecule has 3 aromatic rings. The highest BCUT2D eigenvalue weighted by Gasteiger charge is 2.17. The number of azo groups is 1. The van der Waals surface area contributed by atoms with E-state index in [0.29, 0.717) is 19.0 Å². The topological polar surface area (TPSA) is 104 Å². The van der Waals surface area contributed by atoms with Crippen LogP contribution in [0.2, 0.25) is 0 Å². The molecule has 0 aliphatic rings. The summed E-state index contributed by atoms with van der Waals surface area (Å²) in [5.74, 6) is -0.710. The van der Waals surface area contributed by atoms with Crippen molar-refractivity contribution >= 4 is 28.9 Å². The molecule has 8 heteroatoms. The molecule has 0 heterocycles. The maximum Gasteiger partial charge on any atom is 0.338 e. The SMILES string of the molecule is CCOC(=O)c1cc(OCCCCCCOc2ccc(/N=N/c3ccc(C)cc3)cc2)cc(C(=O)C(C)=O)c1. The Balaban J connectivity index is 1.36. The molecule has 3 aromatic carbocycles. The van der Waals surface area contributed by atoms with Gasteiger partial charge in [-0.15, -0.1) is 0 Å². The maximum atomic E-state index is 12.1. The Kier molecular flexibility index (Phi) is 11.4. The molecule has 0 radical (unpaired) electrons. The first-order chi connectivity index (χ1) is 18.9. The average Bonchev–Trinajstić information content (AvgIpc) is 2.94. The van der Waals surface area contributed by atoms with Crippen LogP contribution < -0.4 is 9.47 Å². The summed E-state index contributed by atoms with van der Waals surface area (Å²) in [4.78, 5) is 35.8. The number of ether oxygens (including phenoxy) is 3. The lowest BCUT2D eigenvalue weighted by Crippen LogP contribution is -2.13. The fraction of sp³-hybridized carbons (Fsp3) is 0.323. The minimum atomic E-state index is -0.674. The highest BCUT2D eigenvalue weighted by Crippen LogP contribution is 2.22. The first-order valence-electron chi connectivity index (χ1n) is 13.1. The Labute approximate surface area is 229 Å². The molecule has 0 atom stereocenters. The molecule has 0 fully saturated rings. The number of benzene rings is 3. The van der Waals surface area contributed by atoms with Crippen LogP contribution in [-0.2, 0) is 9.53 Å². The zero-order valence-corrected chi connectivity index (χ0v) is 22.6. The highest BCUT2D eigenvalue weighted by molar-refractivity contribution is 6.43. The van der Waals surface area contributed by atoms with E-state index in [4.69, 9.17) is 14.2 Å². The molecule has 0 saturated heterocycles. The largest absolute Gasteiger partial charge is 0.494 e. The number of esters is 1. The van der Waals surface area contributed by atoms with Crippen LogP contribution >= 0.6 is 0 Å². The van der Waals surface area contributed by atoms with Gasteiger partial charge in [-0.2, -0.15) is 10.2 Å². The molecule has 0 aliphatic heterocycles. The third kappa shape index (κ3) is 9.81. The van der Waals surface area contributed by atoms with Crippen molar-refractivity contribution in [3.05, 3.63) is 83.4 Å². The predicted octanol–water partition coefficient (Wildman–Crippen LogP) is 7.38. The Morgan fingerprint density at radius 2 is 1.23 bits per heavy atom. The van der Waals surface area contributed by atoms with Crippen molar-refractivity contribution in [3.63, 3.8) is 0 Å². The molecule has 0 spiro atoms. The van der Waals surface area contributed by atoms with Gasteiger partial charge in [-0.3, -0.25) is 9.59 Å². The van der Waals surface area contributed by atoms with Crippen molar-refractivity contribution in [1.82, 2.24) is 0 Å². The number of ketones is 2. The van der Waals surface area contributed by atoms with E-state index in [2.05, 4.69) is 10.2 Å². The van der Waals surface area contributed by atoms with Gasteiger partial charge >= 0.3 is 5.97 Å². The number of rotatable bonds is 15. The van der Waals surface area contributed by atoms with E-state index in [1.165, 1.54) is 30.7 Å². The molecule has 0 amide bonds. The Morgan fingerprint density at radius 1 is 0.692 bits per heavy atom. The van der Waals surface area contributed by atoms with Crippen LogP contribution in [0, 0.1) is 6.92 Å². The van der Waals surface area contributed by atoms with Gasteiger partial charge in [0.25, 0.3) is 0 Å². The molecule has 0 N–H and O–H groups in total. The van der Waals surface area contributed by atoms with Gasteiger partial charge in [-0.1, -0.05) is 17.7 Å². The maximum absolute atomic E-state index is 12.1. The minimum absolute atomic E-state index is 0.113. The van der Waals surface area contributed by atoms with Crippen LogP contribution in [0.1, 0.15) is 65.8 Å². The second-order valence-electron chi connectivity index (χ2n) is 8.99. The van der Waals surface area contributed by atoms with Crippen LogP contribution in [0.25, 0.3) is 0 Å². The Morgan fingerprint density at radius 3 is 1.79 bits per heavy atom. The molecular weight excluding hydrogens is 496 g/mol. The van der Waals surface area contributed by atoms with Crippen LogP contribution in [0.4, 0.5) is 11.4 Å². The summed E-state index contributed by atoms with van der Waals surface area (Å²) in [6.45, 7) is 6.14. The number of carbonyl (C=O) groups excluding carboxylic acids is 3. The van der Waals surface area contributed by atoms with Crippen molar-refractivity contribution in [2.75, 3.05) is 19.8 Å². The van der Waals surface area contributed by atoms with Crippen molar-refractivity contribution < 1.29 is 28.6 Å². The summed E-state index contributed by atoms with van der Waals surface area (Å²) < 4.78 is 16.6. The summed E-state index contributed by atoms with van der Waals surface area (Å²) >= 11 is 0. The van der Waals surface area contributed by atoms with Crippen molar-refractivity contribution in [1.29, 1.82) is 0 Å². The van der Waals surface area contributed by atoms with Crippen molar-refractivity contribution in [3.8, 4) is 11.5 Å². The molecule has 0 bridgehead atoms. The van der Waals surface area contributed by atoms with E-state index in [1.54, 1.807) is 6.92 Å². The van der Waals surface area contributed by atoms with Crippen LogP contribution in [0.3, 0.4) is 0 Å². The van der Waals surface area contributed by atoms with Gasteiger partial charge in [0.2, 0.25) is 5.78 Å². The van der Waals surface area contributed by atoms with Gasteiger partial charge in [0, 0.05) is 12.5 Å². The number of Topliss-reactive ketones (excluding diaryl/α,β-unsaturated/α-hetero) is 2. The third-order valence-electron chi connectivity index (χ3n) is 5.73. The highest BCUT2D eigenvalue weighted by atomic mass is 16.5. The second-order valence-corrected chi connectivity index (χ2v) is 8.99. The number of aryl methyl sites for hydroxylation is 1. The summed E-state index contributed by atoms with van der Waals surface area (Å²) in [7, 11) is 0. The predicted molar refractivity (Wildman–Crippen MR) is 149 cm³/mol. The number of hydrogen-bond acceptors (Lipinski definition) is 8. The second kappa shape index (κ2) is 15.2. The van der Waals surface area contributed by atoms with E-state index in [1.807, 2.05) is 55.5 Å². The third-order valence-corrected chi connectivity index (χ3v) is 5.73.